The third kappa shape index (κ3) is 38.1. The van der Waals surface area contributed by atoms with Crippen molar-refractivity contribution in [2.45, 2.75) is 38.9 Å². The second kappa shape index (κ2) is 10.5. The second-order valence-electron chi connectivity index (χ2n) is 4.62. The minimum Gasteiger partial charge on any atom is -0.400 e. The predicted octanol–water partition coefficient (Wildman–Crippen LogP) is 0.155. The molecule has 8 nitrogen and oxygen atoms in total. The number of ether oxygens (including phenoxy) is 2. The molecule has 1 saturated heterocycles. The number of hydrogen-bond acceptors (Lipinski definition) is 6. The molecule has 0 atom stereocenters. The van der Waals surface area contributed by atoms with Crippen molar-refractivity contribution in [2.24, 2.45) is 0 Å². The lowest BCUT2D eigenvalue weighted by Crippen LogP contribution is -2.26. The van der Waals surface area contributed by atoms with Gasteiger partial charge in [0.1, 0.15) is 0 Å². The van der Waals surface area contributed by atoms with Crippen molar-refractivity contribution in [2.75, 3.05) is 27.4 Å². The molecule has 1 fully saturated rings. The van der Waals surface area contributed by atoms with Crippen LogP contribution in [0.1, 0.15) is 27.7 Å². The van der Waals surface area contributed by atoms with Crippen molar-refractivity contribution in [1.82, 2.24) is 0 Å². The molecule has 1 aliphatic rings. The van der Waals surface area contributed by atoms with Gasteiger partial charge in [0.2, 0.25) is 0 Å². The highest BCUT2D eigenvalue weighted by Crippen LogP contribution is 2.23. The van der Waals surface area contributed by atoms with Crippen LogP contribution in [0.2, 0.25) is 0 Å². The summed E-state index contributed by atoms with van der Waals surface area (Å²) in [5.41, 5.74) is -0.111. The van der Waals surface area contributed by atoms with Gasteiger partial charge in [-0.05, 0) is 27.7 Å². The number of hydrogen-bond donors (Lipinski definition) is 4. The van der Waals surface area contributed by atoms with E-state index < -0.39 is 10.4 Å². The van der Waals surface area contributed by atoms with Gasteiger partial charge in [0, 0.05) is 14.2 Å². The van der Waals surface area contributed by atoms with Gasteiger partial charge < -0.3 is 19.7 Å². The molecule has 0 aromatic rings. The van der Waals surface area contributed by atoms with Crippen molar-refractivity contribution >= 4 is 10.4 Å². The largest absolute Gasteiger partial charge is 0.400 e. The molecule has 1 heterocycles. The molecule has 0 bridgehead atoms. The van der Waals surface area contributed by atoms with Crippen molar-refractivity contribution in [3.63, 3.8) is 0 Å². The number of aliphatic hydroxyl groups is 2. The van der Waals surface area contributed by atoms with Gasteiger partial charge in [-0.1, -0.05) is 0 Å². The van der Waals surface area contributed by atoms with Crippen LogP contribution in [0.15, 0.2) is 0 Å². The molecule has 4 N–H and O–H groups in total. The maximum absolute atomic E-state index is 8.74. The summed E-state index contributed by atoms with van der Waals surface area (Å²) in [6, 6.07) is 0. The number of rotatable bonds is 2. The minimum absolute atomic E-state index is 0.0729. The smallest absolute Gasteiger partial charge is 0.394 e. The molecule has 0 aliphatic carbocycles. The zero-order valence-corrected chi connectivity index (χ0v) is 13.1. The normalized spacial score (nSPS) is 15.7. The van der Waals surface area contributed by atoms with E-state index in [1.54, 1.807) is 7.11 Å². The second-order valence-corrected chi connectivity index (χ2v) is 5.51. The first-order chi connectivity index (χ1) is 8.33. The van der Waals surface area contributed by atoms with Gasteiger partial charge in [-0.15, -0.1) is 0 Å². The number of aliphatic hydroxyl groups excluding tert-OH is 2. The van der Waals surface area contributed by atoms with Gasteiger partial charge in [-0.3, -0.25) is 9.11 Å². The highest BCUT2D eigenvalue weighted by Gasteiger charge is 2.32. The summed E-state index contributed by atoms with van der Waals surface area (Å²) in [5, 5.41) is 15.5. The fourth-order valence-electron chi connectivity index (χ4n) is 0.209. The summed E-state index contributed by atoms with van der Waals surface area (Å²) in [4.78, 5) is 0. The highest BCUT2D eigenvalue weighted by molar-refractivity contribution is 7.79. The molecule has 1 aliphatic heterocycles. The van der Waals surface area contributed by atoms with E-state index >= 15 is 0 Å². The topological polar surface area (TPSA) is 137 Å². The van der Waals surface area contributed by atoms with Crippen LogP contribution in [0.5, 0.6) is 0 Å². The molecule has 9 heteroatoms. The standard InChI is InChI=1S/C5H12O2.C4H8O.CH4O.H2O4S/c1-5(2,4-6)7-3;1-4(2)3-5-4;1-2;1-5(2,3)4/h6H,4H2,1-3H3;3H2,1-2H3;2H,1H3;(H2,1,2,3,4). The van der Waals surface area contributed by atoms with E-state index in [9.17, 15) is 0 Å². The molecule has 0 amide bonds. The van der Waals surface area contributed by atoms with Gasteiger partial charge in [0.15, 0.2) is 0 Å². The average molecular weight is 306 g/mol. The van der Waals surface area contributed by atoms with Gasteiger partial charge in [-0.2, -0.15) is 8.42 Å². The van der Waals surface area contributed by atoms with Crippen molar-refractivity contribution < 1.29 is 37.2 Å². The molecule has 0 spiro atoms. The first-order valence-corrected chi connectivity index (χ1v) is 6.67. The lowest BCUT2D eigenvalue weighted by Gasteiger charge is -2.18. The predicted molar refractivity (Wildman–Crippen MR) is 70.5 cm³/mol. The quantitative estimate of drug-likeness (QED) is 0.418. The summed E-state index contributed by atoms with van der Waals surface area (Å²) in [5.74, 6) is 0. The fraction of sp³-hybridized carbons (Fsp3) is 1.00. The van der Waals surface area contributed by atoms with Crippen LogP contribution in [-0.4, -0.2) is 66.4 Å². The monoisotopic (exact) mass is 306 g/mol. The van der Waals surface area contributed by atoms with Gasteiger partial charge in [-0.25, -0.2) is 0 Å². The zero-order chi connectivity index (χ0) is 16.3. The SMILES string of the molecule is CC1(C)CO1.CO.COC(C)(C)CO.O=S(=O)(O)O. The third-order valence-electron chi connectivity index (χ3n) is 1.66. The first-order valence-electron chi connectivity index (χ1n) is 5.27. The van der Waals surface area contributed by atoms with Crippen LogP contribution in [0.4, 0.5) is 0 Å². The van der Waals surface area contributed by atoms with Crippen LogP contribution in [-0.2, 0) is 19.9 Å². The molecular formula is C10H26O8S. The Morgan fingerprint density at radius 3 is 1.47 bits per heavy atom. The Morgan fingerprint density at radius 1 is 1.26 bits per heavy atom. The number of methoxy groups -OCH3 is 1. The summed E-state index contributed by atoms with van der Waals surface area (Å²) >= 11 is 0. The number of epoxide rings is 1. The van der Waals surface area contributed by atoms with Crippen LogP contribution in [0.3, 0.4) is 0 Å². The molecule has 1 rings (SSSR count). The summed E-state index contributed by atoms with van der Waals surface area (Å²) in [6.45, 7) is 8.83. The lowest BCUT2D eigenvalue weighted by atomic mass is 10.2. The van der Waals surface area contributed by atoms with Crippen LogP contribution in [0, 0.1) is 0 Å². The van der Waals surface area contributed by atoms with Crippen LogP contribution < -0.4 is 0 Å². The van der Waals surface area contributed by atoms with E-state index in [1.165, 1.54) is 0 Å². The molecule has 0 aromatic carbocycles. The Bertz CT molecular complexity index is 277. The molecule has 0 saturated carbocycles. The Kier molecular flexibility index (Phi) is 13.1. The van der Waals surface area contributed by atoms with E-state index in [0.29, 0.717) is 0 Å². The molecule has 0 aromatic heterocycles. The summed E-state index contributed by atoms with van der Waals surface area (Å²) < 4.78 is 41.3. The molecular weight excluding hydrogens is 280 g/mol. The Morgan fingerprint density at radius 2 is 1.47 bits per heavy atom. The van der Waals surface area contributed by atoms with Crippen molar-refractivity contribution in [3.05, 3.63) is 0 Å². The summed E-state index contributed by atoms with van der Waals surface area (Å²) in [7, 11) is -2.09. The molecule has 0 radical (unpaired) electrons. The van der Waals surface area contributed by atoms with Gasteiger partial charge >= 0.3 is 10.4 Å². The molecule has 120 valence electrons. The minimum atomic E-state index is -4.67. The Balaban J connectivity index is -0.000000192. The van der Waals surface area contributed by atoms with Crippen molar-refractivity contribution in [3.8, 4) is 0 Å². The van der Waals surface area contributed by atoms with E-state index in [-0.39, 0.29) is 17.8 Å². The van der Waals surface area contributed by atoms with E-state index in [2.05, 4.69) is 13.8 Å². The maximum Gasteiger partial charge on any atom is 0.394 e. The first kappa shape index (κ1) is 23.8. The van der Waals surface area contributed by atoms with E-state index in [1.807, 2.05) is 13.8 Å². The van der Waals surface area contributed by atoms with Crippen LogP contribution >= 0.6 is 0 Å². The Hall–Kier alpha value is -0.290. The fourth-order valence-corrected chi connectivity index (χ4v) is 0.209. The molecule has 19 heavy (non-hydrogen) atoms. The Labute approximate surface area is 114 Å². The van der Waals surface area contributed by atoms with Crippen molar-refractivity contribution in [1.29, 1.82) is 0 Å². The average Bonchev–Trinajstić information content (AvgIpc) is 2.95. The van der Waals surface area contributed by atoms with E-state index in [4.69, 9.17) is 37.2 Å². The highest BCUT2D eigenvalue weighted by atomic mass is 32.3. The van der Waals surface area contributed by atoms with Gasteiger partial charge in [0.25, 0.3) is 0 Å². The summed E-state index contributed by atoms with van der Waals surface area (Å²) in [6.07, 6.45) is 0. The maximum atomic E-state index is 8.74. The zero-order valence-electron chi connectivity index (χ0n) is 12.2. The van der Waals surface area contributed by atoms with E-state index in [0.717, 1.165) is 13.7 Å². The lowest BCUT2D eigenvalue weighted by molar-refractivity contribution is -0.0226. The van der Waals surface area contributed by atoms with Gasteiger partial charge in [0.05, 0.1) is 24.4 Å². The third-order valence-corrected chi connectivity index (χ3v) is 1.66. The molecule has 0 unspecified atom stereocenters. The van der Waals surface area contributed by atoms with Crippen LogP contribution in [0.25, 0.3) is 0 Å².